The van der Waals surface area contributed by atoms with Crippen LogP contribution >= 0.6 is 0 Å². The molecule has 0 atom stereocenters. The van der Waals surface area contributed by atoms with E-state index in [1.807, 2.05) is 53.8 Å². The zero-order chi connectivity index (χ0) is 21.9. The number of carbonyl (C=O) groups is 1. The summed E-state index contributed by atoms with van der Waals surface area (Å²) in [5.74, 6) is 3.09. The average molecular weight is 431 g/mol. The van der Waals surface area contributed by atoms with Crippen molar-refractivity contribution in [3.8, 4) is 11.5 Å². The molecule has 2 aromatic carbocycles. The van der Waals surface area contributed by atoms with E-state index in [2.05, 4.69) is 15.5 Å². The van der Waals surface area contributed by atoms with Crippen molar-refractivity contribution in [1.29, 1.82) is 0 Å². The molecule has 0 amide bonds. The Morgan fingerprint density at radius 3 is 2.62 bits per heavy atom. The Hall–Kier alpha value is -3.68. The standard InChI is InChI=1S/C24H25N5O3/c1-16-27-28-24-23(25-11-7-3-6-10-20(30)17-8-4-2-5-9-17)26-18-14-21-22(32-13-12-31-21)15-19(18)29(16)24/h2,4-5,8-9,14-15H,3,6-7,10-13H2,1H3,(H,25,26). The number of nitrogens with zero attached hydrogens (tertiary/aromatic N) is 4. The molecule has 0 unspecified atom stereocenters. The van der Waals surface area contributed by atoms with Crippen molar-refractivity contribution < 1.29 is 14.3 Å². The summed E-state index contributed by atoms with van der Waals surface area (Å²) in [4.78, 5) is 17.0. The van der Waals surface area contributed by atoms with Crippen LogP contribution in [0.1, 0.15) is 41.9 Å². The first-order chi connectivity index (χ1) is 15.7. The summed E-state index contributed by atoms with van der Waals surface area (Å²) < 4.78 is 13.4. The molecule has 0 saturated carbocycles. The molecule has 5 rings (SSSR count). The summed E-state index contributed by atoms with van der Waals surface area (Å²) >= 11 is 0. The molecule has 1 aliphatic rings. The minimum atomic E-state index is 0.199. The monoisotopic (exact) mass is 431 g/mol. The molecule has 32 heavy (non-hydrogen) atoms. The summed E-state index contributed by atoms with van der Waals surface area (Å²) in [5.41, 5.74) is 3.15. The number of carbonyl (C=O) groups excluding carboxylic acids is 1. The molecule has 0 aliphatic carbocycles. The molecule has 0 bridgehead atoms. The van der Waals surface area contributed by atoms with Crippen LogP contribution < -0.4 is 14.8 Å². The van der Waals surface area contributed by atoms with Gasteiger partial charge in [0.2, 0.25) is 5.65 Å². The van der Waals surface area contributed by atoms with Gasteiger partial charge in [-0.15, -0.1) is 10.2 Å². The highest BCUT2D eigenvalue weighted by atomic mass is 16.6. The van der Waals surface area contributed by atoms with E-state index in [4.69, 9.17) is 14.5 Å². The van der Waals surface area contributed by atoms with E-state index in [0.717, 1.165) is 48.2 Å². The van der Waals surface area contributed by atoms with Crippen molar-refractivity contribution in [2.24, 2.45) is 0 Å². The van der Waals surface area contributed by atoms with Gasteiger partial charge >= 0.3 is 0 Å². The number of hydrogen-bond acceptors (Lipinski definition) is 7. The molecule has 8 heteroatoms. The van der Waals surface area contributed by atoms with E-state index in [1.165, 1.54) is 0 Å². The second-order valence-electron chi connectivity index (χ2n) is 7.88. The van der Waals surface area contributed by atoms with E-state index in [-0.39, 0.29) is 5.78 Å². The highest BCUT2D eigenvalue weighted by Gasteiger charge is 2.18. The molecule has 0 saturated heterocycles. The van der Waals surface area contributed by atoms with Crippen LogP contribution in [0.15, 0.2) is 42.5 Å². The summed E-state index contributed by atoms with van der Waals surface area (Å²) in [6, 6.07) is 13.3. The number of anilines is 1. The van der Waals surface area contributed by atoms with E-state index >= 15 is 0 Å². The third kappa shape index (κ3) is 3.95. The largest absolute Gasteiger partial charge is 0.486 e. The Kier molecular flexibility index (Phi) is 5.58. The van der Waals surface area contributed by atoms with Gasteiger partial charge in [-0.1, -0.05) is 36.8 Å². The lowest BCUT2D eigenvalue weighted by Gasteiger charge is -2.19. The van der Waals surface area contributed by atoms with E-state index < -0.39 is 0 Å². The quantitative estimate of drug-likeness (QED) is 0.330. The van der Waals surface area contributed by atoms with Crippen molar-refractivity contribution >= 4 is 28.3 Å². The van der Waals surface area contributed by atoms with Crippen molar-refractivity contribution in [3.05, 3.63) is 53.9 Å². The first-order valence-corrected chi connectivity index (χ1v) is 11.0. The maximum Gasteiger partial charge on any atom is 0.204 e. The number of hydrogen-bond donors (Lipinski definition) is 1. The van der Waals surface area contributed by atoms with E-state index in [1.54, 1.807) is 0 Å². The Morgan fingerprint density at radius 1 is 1.03 bits per heavy atom. The molecule has 0 fully saturated rings. The second kappa shape index (κ2) is 8.82. The van der Waals surface area contributed by atoms with Crippen LogP contribution in [0.4, 0.5) is 5.82 Å². The predicted molar refractivity (Wildman–Crippen MR) is 122 cm³/mol. The molecular weight excluding hydrogens is 406 g/mol. The second-order valence-corrected chi connectivity index (χ2v) is 7.88. The lowest BCUT2D eigenvalue weighted by Crippen LogP contribution is -2.15. The van der Waals surface area contributed by atoms with E-state index in [9.17, 15) is 4.79 Å². The van der Waals surface area contributed by atoms with E-state index in [0.29, 0.717) is 42.6 Å². The van der Waals surface area contributed by atoms with Gasteiger partial charge in [-0.25, -0.2) is 4.98 Å². The number of Topliss-reactive ketones (excluding diaryl/α,β-unsaturated/α-hetero) is 1. The summed E-state index contributed by atoms with van der Waals surface area (Å²) in [6.45, 7) is 3.73. The fourth-order valence-electron chi connectivity index (χ4n) is 3.99. The highest BCUT2D eigenvalue weighted by Crippen LogP contribution is 2.35. The van der Waals surface area contributed by atoms with Gasteiger partial charge in [0.15, 0.2) is 23.1 Å². The fraction of sp³-hybridized carbons (Fsp3) is 0.333. The number of fused-ring (bicyclic) bond motifs is 4. The maximum absolute atomic E-state index is 12.2. The van der Waals surface area contributed by atoms with Gasteiger partial charge < -0.3 is 14.8 Å². The van der Waals surface area contributed by atoms with Crippen molar-refractivity contribution in [2.75, 3.05) is 25.1 Å². The minimum Gasteiger partial charge on any atom is -0.486 e. The van der Waals surface area contributed by atoms with Crippen LogP contribution in [0.2, 0.25) is 0 Å². The van der Waals surface area contributed by atoms with Crippen LogP contribution in [-0.2, 0) is 0 Å². The van der Waals surface area contributed by atoms with Crippen LogP contribution in [-0.4, -0.2) is 45.1 Å². The number of ketones is 1. The van der Waals surface area contributed by atoms with Gasteiger partial charge in [-0.3, -0.25) is 9.20 Å². The topological polar surface area (TPSA) is 90.6 Å². The van der Waals surface area contributed by atoms with Crippen molar-refractivity contribution in [2.45, 2.75) is 32.6 Å². The number of rotatable bonds is 8. The first kappa shape index (κ1) is 20.2. The Balaban J connectivity index is 1.25. The lowest BCUT2D eigenvalue weighted by atomic mass is 10.0. The SMILES string of the molecule is Cc1nnc2c(NCCCCCC(=O)c3ccccc3)nc3cc4c(cc3n12)OCCO4. The van der Waals surface area contributed by atoms with Gasteiger partial charge in [0, 0.05) is 30.7 Å². The van der Waals surface area contributed by atoms with Crippen molar-refractivity contribution in [3.63, 3.8) is 0 Å². The van der Waals surface area contributed by atoms with Crippen LogP contribution in [0.25, 0.3) is 16.7 Å². The van der Waals surface area contributed by atoms with Crippen LogP contribution in [0.5, 0.6) is 11.5 Å². The number of aryl methyl sites for hydroxylation is 1. The molecule has 8 nitrogen and oxygen atoms in total. The molecule has 0 radical (unpaired) electrons. The molecular formula is C24H25N5O3. The van der Waals surface area contributed by atoms with Gasteiger partial charge in [0.1, 0.15) is 19.0 Å². The van der Waals surface area contributed by atoms with Crippen molar-refractivity contribution in [1.82, 2.24) is 19.6 Å². The molecule has 4 aromatic rings. The van der Waals surface area contributed by atoms with Crippen LogP contribution in [0.3, 0.4) is 0 Å². The molecule has 2 aromatic heterocycles. The maximum atomic E-state index is 12.2. The van der Waals surface area contributed by atoms with Crippen LogP contribution in [0, 0.1) is 6.92 Å². The molecule has 1 N–H and O–H groups in total. The zero-order valence-electron chi connectivity index (χ0n) is 18.0. The number of unbranched alkanes of at least 4 members (excludes halogenated alkanes) is 2. The predicted octanol–water partition coefficient (Wildman–Crippen LogP) is 4.21. The average Bonchev–Trinajstić information content (AvgIpc) is 3.22. The number of nitrogens with one attached hydrogen (secondary N) is 1. The van der Waals surface area contributed by atoms with Gasteiger partial charge in [-0.05, 0) is 19.8 Å². The fourth-order valence-corrected chi connectivity index (χ4v) is 3.99. The normalized spacial score (nSPS) is 12.9. The van der Waals surface area contributed by atoms with Gasteiger partial charge in [0.05, 0.1) is 11.0 Å². The molecule has 0 spiro atoms. The molecule has 1 aliphatic heterocycles. The molecule has 3 heterocycles. The Morgan fingerprint density at radius 2 is 1.81 bits per heavy atom. The Labute approximate surface area is 185 Å². The zero-order valence-corrected chi connectivity index (χ0v) is 18.0. The number of aromatic nitrogens is 4. The molecule has 164 valence electrons. The summed E-state index contributed by atoms with van der Waals surface area (Å²) in [6.07, 6.45) is 3.32. The number of benzene rings is 2. The summed E-state index contributed by atoms with van der Waals surface area (Å²) in [7, 11) is 0. The lowest BCUT2D eigenvalue weighted by molar-refractivity contribution is 0.0979. The summed E-state index contributed by atoms with van der Waals surface area (Å²) in [5, 5.41) is 12.0. The van der Waals surface area contributed by atoms with Gasteiger partial charge in [0.25, 0.3) is 0 Å². The Bertz CT molecular complexity index is 1270. The third-order valence-corrected chi connectivity index (χ3v) is 5.62. The smallest absolute Gasteiger partial charge is 0.204 e. The van der Waals surface area contributed by atoms with Gasteiger partial charge in [-0.2, -0.15) is 0 Å². The first-order valence-electron chi connectivity index (χ1n) is 11.0. The minimum absolute atomic E-state index is 0.199. The highest BCUT2D eigenvalue weighted by molar-refractivity contribution is 5.95. The number of ether oxygens (including phenoxy) is 2. The third-order valence-electron chi connectivity index (χ3n) is 5.62.